The van der Waals surface area contributed by atoms with Crippen molar-refractivity contribution in [2.24, 2.45) is 0 Å². The van der Waals surface area contributed by atoms with E-state index in [2.05, 4.69) is 32.6 Å². The first-order valence-electron chi connectivity index (χ1n) is 6.98. The maximum Gasteiger partial charge on any atom is 0.182 e. The van der Waals surface area contributed by atoms with E-state index >= 15 is 0 Å². The summed E-state index contributed by atoms with van der Waals surface area (Å²) in [6.07, 6.45) is 2.04. The summed E-state index contributed by atoms with van der Waals surface area (Å²) < 4.78 is 11.7. The molecule has 0 aliphatic carbocycles. The van der Waals surface area contributed by atoms with Gasteiger partial charge in [-0.25, -0.2) is 0 Å². The largest absolute Gasteiger partial charge is 0.349 e. The summed E-state index contributed by atoms with van der Waals surface area (Å²) in [7, 11) is 0. The molecule has 18 heavy (non-hydrogen) atoms. The number of hydrogen-bond acceptors (Lipinski definition) is 3. The van der Waals surface area contributed by atoms with E-state index in [-0.39, 0.29) is 18.8 Å². The van der Waals surface area contributed by atoms with Crippen molar-refractivity contribution in [1.29, 1.82) is 0 Å². The number of hydrogen-bond donors (Lipinski definition) is 0. The fraction of sp³-hybridized carbons (Fsp3) is 1.00. The van der Waals surface area contributed by atoms with Gasteiger partial charge in [0.2, 0.25) is 0 Å². The smallest absolute Gasteiger partial charge is 0.182 e. The monoisotopic (exact) mass is 259 g/mol. The predicted octanol–water partition coefficient (Wildman–Crippen LogP) is 3.67. The third-order valence-corrected chi connectivity index (χ3v) is 3.43. The second-order valence-corrected chi connectivity index (χ2v) is 5.81. The zero-order chi connectivity index (χ0) is 13.1. The van der Waals surface area contributed by atoms with Crippen LogP contribution in [0.1, 0.15) is 61.8 Å². The molecule has 0 amide bonds. The Balaban J connectivity index is 0.000000917. The molecule has 0 aromatic carbocycles. The molecule has 1 atom stereocenters. The molecule has 0 bridgehead atoms. The van der Waals surface area contributed by atoms with Gasteiger partial charge in [0.15, 0.2) is 5.79 Å². The molecule has 110 valence electrons. The summed E-state index contributed by atoms with van der Waals surface area (Å²) in [6, 6.07) is 0.545. The summed E-state index contributed by atoms with van der Waals surface area (Å²) in [4.78, 5) is 2.48. The van der Waals surface area contributed by atoms with Crippen LogP contribution >= 0.6 is 0 Å². The average molecular weight is 259 g/mol. The number of ether oxygens (including phenoxy) is 2. The third kappa shape index (κ3) is 3.94. The molecule has 2 saturated heterocycles. The summed E-state index contributed by atoms with van der Waals surface area (Å²) in [5.74, 6) is -0.301. The van der Waals surface area contributed by atoms with Crippen LogP contribution in [0.5, 0.6) is 0 Å². The van der Waals surface area contributed by atoms with E-state index in [0.29, 0.717) is 6.04 Å². The van der Waals surface area contributed by atoms with E-state index in [4.69, 9.17) is 9.47 Å². The molecule has 2 fully saturated rings. The average Bonchev–Trinajstić information content (AvgIpc) is 2.59. The van der Waals surface area contributed by atoms with E-state index in [9.17, 15) is 0 Å². The van der Waals surface area contributed by atoms with Gasteiger partial charge in [-0.15, -0.1) is 0 Å². The molecule has 0 N–H and O–H groups in total. The van der Waals surface area contributed by atoms with Crippen LogP contribution < -0.4 is 0 Å². The lowest BCUT2D eigenvalue weighted by molar-refractivity contribution is -0.259. The first-order valence-corrected chi connectivity index (χ1v) is 6.98. The first kappa shape index (κ1) is 17.9. The van der Waals surface area contributed by atoms with Gasteiger partial charge in [-0.3, -0.25) is 4.90 Å². The second-order valence-electron chi connectivity index (χ2n) is 5.81. The van der Waals surface area contributed by atoms with Crippen molar-refractivity contribution in [3.8, 4) is 0 Å². The van der Waals surface area contributed by atoms with Crippen LogP contribution in [-0.4, -0.2) is 42.0 Å². The number of likely N-dealkylation sites (tertiary alicyclic amines) is 1. The molecule has 0 unspecified atom stereocenters. The number of rotatable bonds is 0. The molecule has 2 aliphatic heterocycles. The summed E-state index contributed by atoms with van der Waals surface area (Å²) in [6.45, 7) is 15.6. The Labute approximate surface area is 114 Å². The molecule has 0 saturated carbocycles. The summed E-state index contributed by atoms with van der Waals surface area (Å²) >= 11 is 0. The Hall–Kier alpha value is -0.120. The van der Waals surface area contributed by atoms with Gasteiger partial charge in [0.25, 0.3) is 0 Å². The van der Waals surface area contributed by atoms with E-state index in [0.717, 1.165) is 32.6 Å². The van der Waals surface area contributed by atoms with E-state index in [1.807, 2.05) is 13.8 Å². The maximum atomic E-state index is 5.86. The molecular formula is C15H33NO2. The van der Waals surface area contributed by atoms with Crippen LogP contribution in [-0.2, 0) is 9.47 Å². The van der Waals surface area contributed by atoms with Gasteiger partial charge < -0.3 is 9.47 Å². The highest BCUT2D eigenvalue weighted by Gasteiger charge is 2.48. The highest BCUT2D eigenvalue weighted by atomic mass is 16.7. The van der Waals surface area contributed by atoms with Gasteiger partial charge in [0.1, 0.15) is 0 Å². The fourth-order valence-electron chi connectivity index (χ4n) is 2.76. The zero-order valence-electron chi connectivity index (χ0n) is 12.4. The molecule has 2 aliphatic rings. The molecule has 0 radical (unpaired) electrons. The van der Waals surface area contributed by atoms with Gasteiger partial charge >= 0.3 is 0 Å². The molecule has 2 rings (SSSR count). The van der Waals surface area contributed by atoms with Crippen molar-refractivity contribution in [1.82, 2.24) is 4.90 Å². The first-order chi connectivity index (χ1) is 7.93. The molecule has 0 aromatic rings. The molecular weight excluding hydrogens is 226 g/mol. The van der Waals surface area contributed by atoms with Crippen LogP contribution in [0.3, 0.4) is 0 Å². The lowest BCUT2D eigenvalue weighted by atomic mass is 10.1. The molecule has 3 heteroatoms. The Kier molecular flexibility index (Phi) is 6.83. The molecule has 0 aromatic heterocycles. The van der Waals surface area contributed by atoms with Crippen LogP contribution in [0.2, 0.25) is 0 Å². The SMILES string of the molecule is C.CC.C[C@@H]1CC2(CN1C(C)(C)C)OCCCO2. The van der Waals surface area contributed by atoms with Crippen molar-refractivity contribution in [2.75, 3.05) is 19.8 Å². The minimum absolute atomic E-state index is 0. The lowest BCUT2D eigenvalue weighted by Crippen LogP contribution is -2.48. The molecule has 2 heterocycles. The van der Waals surface area contributed by atoms with Gasteiger partial charge in [-0.05, 0) is 34.1 Å². The second kappa shape index (κ2) is 6.88. The zero-order valence-corrected chi connectivity index (χ0v) is 12.4. The standard InChI is InChI=1S/C12H23NO2.C2H6.CH4/c1-10-8-12(14-6-5-7-15-12)9-13(10)11(2,3)4;1-2;/h10H,5-9H2,1-4H3;1-2H3;1H4/t10-;;/m1../s1. The number of nitrogens with zero attached hydrogens (tertiary/aromatic N) is 1. The van der Waals surface area contributed by atoms with Gasteiger partial charge in [0, 0.05) is 18.0 Å². The normalized spacial score (nSPS) is 27.3. The Morgan fingerprint density at radius 3 is 2.00 bits per heavy atom. The van der Waals surface area contributed by atoms with Crippen LogP contribution in [0.15, 0.2) is 0 Å². The van der Waals surface area contributed by atoms with Crippen molar-refractivity contribution < 1.29 is 9.47 Å². The highest BCUT2D eigenvalue weighted by molar-refractivity contribution is 4.96. The van der Waals surface area contributed by atoms with E-state index in [1.165, 1.54) is 0 Å². The predicted molar refractivity (Wildman–Crippen MR) is 77.9 cm³/mol. The van der Waals surface area contributed by atoms with Crippen molar-refractivity contribution in [3.63, 3.8) is 0 Å². The van der Waals surface area contributed by atoms with E-state index in [1.54, 1.807) is 0 Å². The molecule has 3 nitrogen and oxygen atoms in total. The Morgan fingerprint density at radius 1 is 1.11 bits per heavy atom. The Bertz CT molecular complexity index is 229. The topological polar surface area (TPSA) is 21.7 Å². The van der Waals surface area contributed by atoms with Crippen LogP contribution in [0.4, 0.5) is 0 Å². The minimum atomic E-state index is -0.301. The summed E-state index contributed by atoms with van der Waals surface area (Å²) in [5, 5.41) is 0. The van der Waals surface area contributed by atoms with Crippen LogP contribution in [0, 0.1) is 0 Å². The highest BCUT2D eigenvalue weighted by Crippen LogP contribution is 2.37. The van der Waals surface area contributed by atoms with Crippen molar-refractivity contribution in [3.05, 3.63) is 0 Å². The minimum Gasteiger partial charge on any atom is -0.349 e. The lowest BCUT2D eigenvalue weighted by Gasteiger charge is -2.37. The van der Waals surface area contributed by atoms with Gasteiger partial charge in [0.05, 0.1) is 19.8 Å². The quantitative estimate of drug-likeness (QED) is 0.662. The van der Waals surface area contributed by atoms with Gasteiger partial charge in [-0.2, -0.15) is 0 Å². The van der Waals surface area contributed by atoms with Crippen molar-refractivity contribution in [2.45, 2.75) is 79.2 Å². The van der Waals surface area contributed by atoms with E-state index < -0.39 is 0 Å². The maximum absolute atomic E-state index is 5.86. The van der Waals surface area contributed by atoms with Crippen molar-refractivity contribution >= 4 is 0 Å². The van der Waals surface area contributed by atoms with Gasteiger partial charge in [-0.1, -0.05) is 21.3 Å². The van der Waals surface area contributed by atoms with Crippen LogP contribution in [0.25, 0.3) is 0 Å². The third-order valence-electron chi connectivity index (χ3n) is 3.43. The fourth-order valence-corrected chi connectivity index (χ4v) is 2.76. The summed E-state index contributed by atoms with van der Waals surface area (Å²) in [5.41, 5.74) is 0.201. The Morgan fingerprint density at radius 2 is 1.61 bits per heavy atom. The molecule has 1 spiro atoms.